The quantitative estimate of drug-likeness (QED) is 0.0177. The average Bonchev–Trinajstić information content (AvgIpc) is 1.16. The first-order valence-corrected chi connectivity index (χ1v) is 40.5. The van der Waals surface area contributed by atoms with Crippen LogP contribution in [0.2, 0.25) is 0 Å². The number of thiophene rings is 2. The molecule has 1 saturated heterocycles. The highest BCUT2D eigenvalue weighted by molar-refractivity contribution is 7.73. The van der Waals surface area contributed by atoms with Gasteiger partial charge in [0.1, 0.15) is 12.4 Å². The molecule has 6 heterocycles. The van der Waals surface area contributed by atoms with E-state index in [1.54, 1.807) is 81.3 Å². The van der Waals surface area contributed by atoms with Gasteiger partial charge in [-0.3, -0.25) is 9.97 Å². The summed E-state index contributed by atoms with van der Waals surface area (Å²) in [5.74, 6) is 0.611. The highest BCUT2D eigenvalue weighted by Gasteiger charge is 2.15. The lowest BCUT2D eigenvalue weighted by molar-refractivity contribution is 0.0591. The molecule has 22 nitrogen and oxygen atoms in total. The number of methoxy groups -OCH3 is 2. The van der Waals surface area contributed by atoms with Gasteiger partial charge in [-0.1, -0.05) is 176 Å². The summed E-state index contributed by atoms with van der Waals surface area (Å²) in [5.41, 5.74) is 4.07. The third-order valence-corrected chi connectivity index (χ3v) is 18.2. The SMILES string of the molecule is CC(C)(O)c1ccccc1.CN(C)CCCO.CN(C)CCO.COCCCO.COCCO.OCC1CCCO1.OCCP(c1ccccc1)c1ccccc1.OCCc1ccccc1.OCCc1ccccn1.OCCc1cccs1.OCc1ccccc1.OCc1ccccn1.OCc1ccco1.OCc1cccs1. The second-order valence-electron chi connectivity index (χ2n) is 24.4. The minimum Gasteiger partial charge on any atom is -0.467 e. The number of nitrogens with zero attached hydrogens (tertiary/aromatic N) is 4. The molecule has 5 aromatic carbocycles. The topological polar surface area (TPSA) is 356 Å². The van der Waals surface area contributed by atoms with E-state index in [2.05, 4.69) is 72.9 Å². The molecule has 0 spiro atoms. The normalized spacial score (nSPS) is 11.1. The Morgan fingerprint density at radius 1 is 0.442 bits per heavy atom. The zero-order chi connectivity index (χ0) is 84.3. The summed E-state index contributed by atoms with van der Waals surface area (Å²) in [7, 11) is 10.6. The van der Waals surface area contributed by atoms with Gasteiger partial charge >= 0.3 is 0 Å². The fraction of sp³-hybridized carbons (Fsp3) is 0.409. The van der Waals surface area contributed by atoms with Crippen LogP contribution in [0.15, 0.2) is 258 Å². The third kappa shape index (κ3) is 71.1. The lowest BCUT2D eigenvalue weighted by Gasteiger charge is -2.17. The van der Waals surface area contributed by atoms with E-state index >= 15 is 0 Å². The minimum absolute atomic E-state index is 0.00694. The van der Waals surface area contributed by atoms with Crippen LogP contribution in [0.5, 0.6) is 0 Å². The van der Waals surface area contributed by atoms with Crippen molar-refractivity contribution in [1.82, 2.24) is 19.8 Å². The molecule has 25 heteroatoms. The molecule has 113 heavy (non-hydrogen) atoms. The first-order chi connectivity index (χ1) is 54.8. The van der Waals surface area contributed by atoms with Crippen LogP contribution in [-0.4, -0.2) is 238 Å². The van der Waals surface area contributed by atoms with Crippen molar-refractivity contribution in [3.05, 3.63) is 297 Å². The largest absolute Gasteiger partial charge is 0.467 e. The Labute approximate surface area is 682 Å². The van der Waals surface area contributed by atoms with Gasteiger partial charge in [0.2, 0.25) is 0 Å². The summed E-state index contributed by atoms with van der Waals surface area (Å²) in [6.07, 6.45) is 11.9. The monoisotopic (exact) mass is 1630 g/mol. The summed E-state index contributed by atoms with van der Waals surface area (Å²) in [5, 5.41) is 126. The maximum atomic E-state index is 9.49. The Bertz CT molecular complexity index is 3210. The van der Waals surface area contributed by atoms with Crippen LogP contribution in [0.1, 0.15) is 83.1 Å². The molecule has 1 unspecified atom stereocenters. The fourth-order valence-electron chi connectivity index (χ4n) is 8.12. The van der Waals surface area contributed by atoms with E-state index in [0.29, 0.717) is 37.7 Å². The summed E-state index contributed by atoms with van der Waals surface area (Å²) < 4.78 is 18.8. The Kier molecular flexibility index (Phi) is 80.5. The number of rotatable bonds is 26. The third-order valence-electron chi connectivity index (χ3n) is 13.9. The number of aliphatic hydroxyl groups is 14. The highest BCUT2D eigenvalue weighted by atomic mass is 32.1. The zero-order valence-corrected chi connectivity index (χ0v) is 70.2. The van der Waals surface area contributed by atoms with Crippen LogP contribution in [0.4, 0.5) is 0 Å². The molecule has 0 amide bonds. The van der Waals surface area contributed by atoms with Crippen molar-refractivity contribution in [3.63, 3.8) is 0 Å². The van der Waals surface area contributed by atoms with Crippen LogP contribution >= 0.6 is 30.6 Å². The summed E-state index contributed by atoms with van der Waals surface area (Å²) in [4.78, 5) is 14.1. The number of pyridine rings is 2. The van der Waals surface area contributed by atoms with Crippen LogP contribution in [-0.2, 0) is 65.5 Å². The lowest BCUT2D eigenvalue weighted by atomic mass is 9.99. The predicted octanol–water partition coefficient (Wildman–Crippen LogP) is 10.2. The summed E-state index contributed by atoms with van der Waals surface area (Å²) in [6, 6.07) is 72.4. The number of likely N-dealkylation sites (N-methyl/N-ethyl adjacent to an activating group) is 1. The molecular formula is C88H133N4O18PS2. The van der Waals surface area contributed by atoms with Gasteiger partial charge in [0, 0.05) is 114 Å². The minimum atomic E-state index is -0.707. The van der Waals surface area contributed by atoms with E-state index in [4.69, 9.17) is 70.4 Å². The van der Waals surface area contributed by atoms with Gasteiger partial charge in [-0.25, -0.2) is 0 Å². The number of benzene rings is 5. The smallest absolute Gasteiger partial charge is 0.129 e. The molecule has 0 radical (unpaired) electrons. The Hall–Kier alpha value is -7.25. The van der Waals surface area contributed by atoms with Gasteiger partial charge < -0.3 is 99.9 Å². The van der Waals surface area contributed by atoms with Crippen molar-refractivity contribution in [2.75, 3.05) is 141 Å². The molecule has 14 N–H and O–H groups in total. The molecule has 0 aliphatic carbocycles. The van der Waals surface area contributed by atoms with Crippen LogP contribution in [0, 0.1) is 0 Å². The number of aromatic nitrogens is 2. The van der Waals surface area contributed by atoms with Crippen molar-refractivity contribution in [1.29, 1.82) is 0 Å². The van der Waals surface area contributed by atoms with Gasteiger partial charge in [-0.15, -0.1) is 22.7 Å². The van der Waals surface area contributed by atoms with Crippen LogP contribution in [0.25, 0.3) is 0 Å². The molecule has 0 saturated carbocycles. The average molecular weight is 1630 g/mol. The molecule has 630 valence electrons. The number of hydrogen-bond acceptors (Lipinski definition) is 24. The molecule has 1 aliphatic rings. The fourth-order valence-corrected chi connectivity index (χ4v) is 11.5. The first kappa shape index (κ1) is 110. The Morgan fingerprint density at radius 2 is 0.929 bits per heavy atom. The molecule has 1 aliphatic heterocycles. The van der Waals surface area contributed by atoms with E-state index in [1.165, 1.54) is 27.3 Å². The Balaban J connectivity index is -0.00000117. The highest BCUT2D eigenvalue weighted by Crippen LogP contribution is 2.32. The number of hydrogen-bond donors (Lipinski definition) is 14. The molecule has 1 atom stereocenters. The van der Waals surface area contributed by atoms with Gasteiger partial charge in [-0.05, 0) is 181 Å². The summed E-state index contributed by atoms with van der Waals surface area (Å²) in [6.45, 7) is 9.63. The standard InChI is InChI=1S/C14H15OP.C9H12O.C8H10O.C7H9NO.C7H8O.C6H7NO.C6H8OS.C5H13NO.C5H10O2.C5H6O2.C5H6OS.C4H11NO.C4H10O2.C3H8O2/c15-11-12-16(13-7-3-1-4-8-13)14-9-5-2-6-10-14;1-9(2,10)8-6-4-3-5-7-8;9-7-6-8-4-2-1-3-5-8;9-6-4-7-3-1-2-5-8-7;8-6-7-4-2-1-3-5-7;8-5-6-3-1-2-4-7-6;7-4-3-6-2-1-5-8-6;1-6(2)4-3-5-7;3*6-4-5-2-1-3-7-5;1-5(2)3-4-6;1-6-4-2-3-5;1-5-3-2-4/h1-10,15H,11-12H2;3-7,10H,1-2H3;1-5,9H,6-7H2;1-3,5,9H,4,6H2;1-5,8H,6H2;1-4,8H,5H2;1-2,5,7H,3-4H2;7H,3-5H2,1-2H3;5-6H,1-4H2;2*1-3,6H,4H2;6H,3-4H2,1-2H3;5H,2-4H2,1H3;4H,2-3H2,1H3. The van der Waals surface area contributed by atoms with E-state index in [9.17, 15) is 10.2 Å². The predicted molar refractivity (Wildman–Crippen MR) is 462 cm³/mol. The van der Waals surface area contributed by atoms with E-state index in [-0.39, 0.29) is 85.4 Å². The van der Waals surface area contributed by atoms with Crippen LogP contribution in [0.3, 0.4) is 0 Å². The van der Waals surface area contributed by atoms with Crippen molar-refractivity contribution in [2.24, 2.45) is 0 Å². The van der Waals surface area contributed by atoms with E-state index < -0.39 is 13.5 Å². The first-order valence-electron chi connectivity index (χ1n) is 37.3. The van der Waals surface area contributed by atoms with Gasteiger partial charge in [0.25, 0.3) is 0 Å². The maximum absolute atomic E-state index is 9.49. The molecule has 0 bridgehead atoms. The van der Waals surface area contributed by atoms with Crippen molar-refractivity contribution >= 4 is 41.2 Å². The zero-order valence-electron chi connectivity index (χ0n) is 67.7. The van der Waals surface area contributed by atoms with E-state index in [1.807, 2.05) is 202 Å². The van der Waals surface area contributed by atoms with Gasteiger partial charge in [0.05, 0.1) is 69.9 Å². The second-order valence-corrected chi connectivity index (χ2v) is 28.8. The van der Waals surface area contributed by atoms with Gasteiger partial charge in [-0.2, -0.15) is 0 Å². The Morgan fingerprint density at radius 3 is 1.19 bits per heavy atom. The van der Waals surface area contributed by atoms with E-state index in [0.717, 1.165) is 86.1 Å². The van der Waals surface area contributed by atoms with Crippen molar-refractivity contribution < 1.29 is 90.1 Å². The molecule has 11 rings (SSSR count). The van der Waals surface area contributed by atoms with Crippen molar-refractivity contribution in [2.45, 2.75) is 96.9 Å². The summed E-state index contributed by atoms with van der Waals surface area (Å²) >= 11 is 3.26. The van der Waals surface area contributed by atoms with Gasteiger partial charge in [0.15, 0.2) is 0 Å². The lowest BCUT2D eigenvalue weighted by Crippen LogP contribution is -2.15. The molecule has 5 aromatic heterocycles. The number of ether oxygens (including phenoxy) is 3. The molecule has 1 fully saturated rings. The number of aliphatic hydroxyl groups excluding tert-OH is 13. The molecular weight excluding hydrogens is 1500 g/mol. The van der Waals surface area contributed by atoms with Crippen molar-refractivity contribution in [3.8, 4) is 0 Å². The maximum Gasteiger partial charge on any atom is 0.129 e. The van der Waals surface area contributed by atoms with Crippen LogP contribution < -0.4 is 10.6 Å². The number of furan rings is 1. The molecule has 10 aromatic rings. The second kappa shape index (κ2) is 82.7.